The maximum absolute atomic E-state index is 12.3. The lowest BCUT2D eigenvalue weighted by atomic mass is 9.98. The Labute approximate surface area is 208 Å². The number of rotatable bonds is 8. The van der Waals surface area contributed by atoms with E-state index in [2.05, 4.69) is 22.2 Å². The summed E-state index contributed by atoms with van der Waals surface area (Å²) in [6.45, 7) is 0.276. The van der Waals surface area contributed by atoms with Crippen molar-refractivity contribution in [3.63, 3.8) is 0 Å². The van der Waals surface area contributed by atoms with Gasteiger partial charge in [-0.2, -0.15) is 0 Å². The number of benzene rings is 3. The topological polar surface area (TPSA) is 105 Å². The van der Waals surface area contributed by atoms with E-state index in [9.17, 15) is 19.8 Å². The molecule has 1 amide bonds. The van der Waals surface area contributed by atoms with Crippen molar-refractivity contribution in [3.8, 4) is 11.1 Å². The van der Waals surface area contributed by atoms with Crippen LogP contribution in [0.4, 0.5) is 4.79 Å². The second-order valence-electron chi connectivity index (χ2n) is 8.28. The monoisotopic (exact) mass is 495 g/mol. The lowest BCUT2D eigenvalue weighted by Crippen LogP contribution is -2.30. The van der Waals surface area contributed by atoms with Gasteiger partial charge >= 0.3 is 12.1 Å². The zero-order chi connectivity index (χ0) is 24.9. The summed E-state index contributed by atoms with van der Waals surface area (Å²) in [6, 6.07) is 20.5. The first kappa shape index (κ1) is 24.7. The molecule has 3 N–H and O–H groups in total. The number of nitrogens with one attached hydrogen (secondary N) is 1. The van der Waals surface area contributed by atoms with Gasteiger partial charge in [-0.3, -0.25) is 0 Å². The number of alkyl carbamates (subject to hydrolysis) is 1. The van der Waals surface area contributed by atoms with E-state index in [4.69, 9.17) is 16.3 Å². The Balaban J connectivity index is 1.29. The molecule has 3 aromatic carbocycles. The molecule has 182 valence electrons. The Morgan fingerprint density at radius 1 is 1.00 bits per heavy atom. The molecular weight excluding hydrogens is 470 g/mol. The SMILES string of the molecule is COC(=O)c1cc(C(O)C(O)CCNC(=O)OCC2c3ccccc3-c3ccccc32)ccc1Cl. The van der Waals surface area contributed by atoms with Gasteiger partial charge in [0, 0.05) is 12.5 Å². The maximum Gasteiger partial charge on any atom is 0.407 e. The van der Waals surface area contributed by atoms with Gasteiger partial charge in [-0.15, -0.1) is 0 Å². The number of methoxy groups -OCH3 is 1. The summed E-state index contributed by atoms with van der Waals surface area (Å²) in [6.07, 6.45) is -3.00. The maximum atomic E-state index is 12.3. The number of carbonyl (C=O) groups excluding carboxylic acids is 2. The normalized spacial score (nSPS) is 13.9. The molecule has 0 radical (unpaired) electrons. The van der Waals surface area contributed by atoms with Crippen molar-refractivity contribution in [2.24, 2.45) is 0 Å². The predicted octanol–water partition coefficient (Wildman–Crippen LogP) is 4.45. The number of hydrogen-bond donors (Lipinski definition) is 3. The van der Waals surface area contributed by atoms with E-state index in [0.717, 1.165) is 22.3 Å². The predicted molar refractivity (Wildman–Crippen MR) is 131 cm³/mol. The van der Waals surface area contributed by atoms with E-state index in [-0.39, 0.29) is 36.1 Å². The number of aliphatic hydroxyl groups excluding tert-OH is 2. The molecule has 35 heavy (non-hydrogen) atoms. The Bertz CT molecular complexity index is 1180. The summed E-state index contributed by atoms with van der Waals surface area (Å²) in [5.74, 6) is -0.690. The fraction of sp³-hybridized carbons (Fsp3) is 0.259. The minimum absolute atomic E-state index is 0.0468. The first-order chi connectivity index (χ1) is 16.9. The summed E-state index contributed by atoms with van der Waals surface area (Å²) >= 11 is 6.00. The van der Waals surface area contributed by atoms with Crippen molar-refractivity contribution in [1.82, 2.24) is 5.32 Å². The third kappa shape index (κ3) is 5.32. The van der Waals surface area contributed by atoms with Gasteiger partial charge in [-0.05, 0) is 46.4 Å². The highest BCUT2D eigenvalue weighted by atomic mass is 35.5. The fourth-order valence-electron chi connectivity index (χ4n) is 4.34. The molecule has 0 fully saturated rings. The van der Waals surface area contributed by atoms with Crippen LogP contribution in [0.5, 0.6) is 0 Å². The first-order valence-electron chi connectivity index (χ1n) is 11.2. The van der Waals surface area contributed by atoms with Gasteiger partial charge in [-0.1, -0.05) is 66.2 Å². The van der Waals surface area contributed by atoms with Gasteiger partial charge in [0.25, 0.3) is 0 Å². The summed E-state index contributed by atoms with van der Waals surface area (Å²) in [5, 5.41) is 23.6. The number of hydrogen-bond acceptors (Lipinski definition) is 6. The Morgan fingerprint density at radius 3 is 2.26 bits per heavy atom. The highest BCUT2D eigenvalue weighted by Gasteiger charge is 2.29. The van der Waals surface area contributed by atoms with E-state index < -0.39 is 24.3 Å². The molecule has 0 aromatic heterocycles. The Hall–Kier alpha value is -3.39. The van der Waals surface area contributed by atoms with Gasteiger partial charge in [0.05, 0.1) is 23.8 Å². The van der Waals surface area contributed by atoms with Gasteiger partial charge in [-0.25, -0.2) is 9.59 Å². The van der Waals surface area contributed by atoms with Crippen molar-refractivity contribution in [2.45, 2.75) is 24.5 Å². The van der Waals surface area contributed by atoms with E-state index in [1.54, 1.807) is 0 Å². The smallest absolute Gasteiger partial charge is 0.407 e. The molecule has 0 saturated carbocycles. The van der Waals surface area contributed by atoms with E-state index in [1.165, 1.54) is 25.3 Å². The van der Waals surface area contributed by atoms with E-state index >= 15 is 0 Å². The number of aliphatic hydroxyl groups is 2. The van der Waals surface area contributed by atoms with Crippen LogP contribution in [0.3, 0.4) is 0 Å². The minimum atomic E-state index is -1.28. The van der Waals surface area contributed by atoms with Crippen LogP contribution in [0.2, 0.25) is 5.02 Å². The molecule has 2 atom stereocenters. The molecule has 0 saturated heterocycles. The number of carbonyl (C=O) groups is 2. The minimum Gasteiger partial charge on any atom is -0.465 e. The van der Waals surface area contributed by atoms with Crippen LogP contribution in [-0.2, 0) is 9.47 Å². The molecule has 0 aliphatic heterocycles. The van der Waals surface area contributed by atoms with Crippen molar-refractivity contribution in [3.05, 3.63) is 94.0 Å². The molecule has 0 heterocycles. The van der Waals surface area contributed by atoms with Gasteiger partial charge < -0.3 is 25.0 Å². The van der Waals surface area contributed by atoms with Crippen LogP contribution in [0.1, 0.15) is 45.5 Å². The molecule has 4 rings (SSSR count). The number of amides is 1. The number of ether oxygens (including phenoxy) is 2. The number of fused-ring (bicyclic) bond motifs is 3. The molecule has 8 heteroatoms. The molecule has 0 bridgehead atoms. The first-order valence-corrected chi connectivity index (χ1v) is 11.6. The van der Waals surface area contributed by atoms with Gasteiger partial charge in [0.2, 0.25) is 0 Å². The largest absolute Gasteiger partial charge is 0.465 e. The molecule has 1 aliphatic carbocycles. The van der Waals surface area contributed by atoms with E-state index in [0.29, 0.717) is 5.56 Å². The van der Waals surface area contributed by atoms with Crippen LogP contribution in [0.25, 0.3) is 11.1 Å². The van der Waals surface area contributed by atoms with Crippen molar-refractivity contribution in [2.75, 3.05) is 20.3 Å². The molecule has 1 aliphatic rings. The quantitative estimate of drug-likeness (QED) is 0.399. The lowest BCUT2D eigenvalue weighted by molar-refractivity contribution is 0.0135. The highest BCUT2D eigenvalue weighted by Crippen LogP contribution is 2.44. The highest BCUT2D eigenvalue weighted by molar-refractivity contribution is 6.33. The Kier molecular flexibility index (Phi) is 7.70. The molecule has 7 nitrogen and oxygen atoms in total. The van der Waals surface area contributed by atoms with Crippen LogP contribution < -0.4 is 5.32 Å². The zero-order valence-electron chi connectivity index (χ0n) is 19.1. The van der Waals surface area contributed by atoms with Crippen LogP contribution in [-0.4, -0.2) is 48.6 Å². The molecule has 3 aromatic rings. The van der Waals surface area contributed by atoms with Crippen molar-refractivity contribution < 1.29 is 29.3 Å². The standard InChI is InChI=1S/C27H26ClNO6/c1-34-26(32)21-14-16(10-11-23(21)28)25(31)24(30)12-13-29-27(33)35-15-22-19-8-4-2-6-17(19)18-7-3-5-9-20(18)22/h2-11,14,22,24-25,30-31H,12-13,15H2,1H3,(H,29,33). The summed E-state index contributed by atoms with van der Waals surface area (Å²) in [5.41, 5.74) is 4.93. The summed E-state index contributed by atoms with van der Waals surface area (Å²) < 4.78 is 10.1. The second kappa shape index (κ2) is 10.9. The molecule has 2 unspecified atom stereocenters. The van der Waals surface area contributed by atoms with Crippen molar-refractivity contribution in [1.29, 1.82) is 0 Å². The Morgan fingerprint density at radius 2 is 1.63 bits per heavy atom. The van der Waals surface area contributed by atoms with Crippen molar-refractivity contribution >= 4 is 23.7 Å². The second-order valence-corrected chi connectivity index (χ2v) is 8.69. The van der Waals surface area contributed by atoms with E-state index in [1.807, 2.05) is 36.4 Å². The number of halogens is 1. The van der Waals surface area contributed by atoms with Crippen LogP contribution in [0.15, 0.2) is 66.7 Å². The molecular formula is C27H26ClNO6. The number of esters is 1. The zero-order valence-corrected chi connectivity index (χ0v) is 19.9. The van der Waals surface area contributed by atoms with Gasteiger partial charge in [0.15, 0.2) is 0 Å². The third-order valence-corrected chi connectivity index (χ3v) is 6.48. The average Bonchev–Trinajstić information content (AvgIpc) is 3.20. The fourth-order valence-corrected chi connectivity index (χ4v) is 4.54. The summed E-state index contributed by atoms with van der Waals surface area (Å²) in [4.78, 5) is 24.1. The lowest BCUT2D eigenvalue weighted by Gasteiger charge is -2.19. The average molecular weight is 496 g/mol. The summed E-state index contributed by atoms with van der Waals surface area (Å²) in [7, 11) is 1.23. The van der Waals surface area contributed by atoms with Crippen LogP contribution in [0, 0.1) is 0 Å². The molecule has 0 spiro atoms. The van der Waals surface area contributed by atoms with Crippen LogP contribution >= 0.6 is 11.6 Å². The third-order valence-electron chi connectivity index (χ3n) is 6.15. The van der Waals surface area contributed by atoms with Gasteiger partial charge in [0.1, 0.15) is 12.7 Å².